The lowest BCUT2D eigenvalue weighted by Crippen LogP contribution is -2.65. The number of methoxy groups -OCH3 is 2. The SMILES string of the molecule is COc1ccc(OC)c2c1cc1n2C[C@](C)(C(=O)NC2CCCC2)N(C[C@@H](C)c2ccccc2)C1=O. The first-order valence-electron chi connectivity index (χ1n) is 12.8. The largest absolute Gasteiger partial charge is 0.496 e. The Morgan fingerprint density at radius 1 is 1.08 bits per heavy atom. The number of rotatable bonds is 7. The molecule has 0 unspecified atom stereocenters. The normalized spacial score (nSPS) is 20.9. The highest BCUT2D eigenvalue weighted by Crippen LogP contribution is 2.40. The molecule has 2 heterocycles. The number of aromatic nitrogens is 1. The Kier molecular flexibility index (Phi) is 6.41. The summed E-state index contributed by atoms with van der Waals surface area (Å²) in [5.41, 5.74) is 1.39. The molecule has 1 fully saturated rings. The Hall–Kier alpha value is -3.48. The van der Waals surface area contributed by atoms with Gasteiger partial charge in [-0.3, -0.25) is 9.59 Å². The van der Waals surface area contributed by atoms with Crippen LogP contribution in [-0.2, 0) is 11.3 Å². The number of nitrogens with zero attached hydrogens (tertiary/aromatic N) is 2. The summed E-state index contributed by atoms with van der Waals surface area (Å²) in [6.07, 6.45) is 4.22. The zero-order chi connectivity index (χ0) is 25.4. The monoisotopic (exact) mass is 489 g/mol. The van der Waals surface area contributed by atoms with Crippen LogP contribution in [0.2, 0.25) is 0 Å². The van der Waals surface area contributed by atoms with E-state index in [4.69, 9.17) is 9.47 Å². The highest BCUT2D eigenvalue weighted by molar-refractivity contribution is 6.06. The molecule has 1 aliphatic carbocycles. The number of hydrogen-bond acceptors (Lipinski definition) is 4. The molecule has 1 aromatic heterocycles. The molecule has 1 aliphatic heterocycles. The first kappa shape index (κ1) is 24.2. The quantitative estimate of drug-likeness (QED) is 0.521. The number of ether oxygens (including phenoxy) is 2. The molecule has 0 saturated heterocycles. The molecule has 36 heavy (non-hydrogen) atoms. The molecule has 5 rings (SSSR count). The van der Waals surface area contributed by atoms with Crippen molar-refractivity contribution in [3.05, 3.63) is 59.8 Å². The molecule has 7 nitrogen and oxygen atoms in total. The van der Waals surface area contributed by atoms with Crippen LogP contribution in [0.15, 0.2) is 48.5 Å². The number of amides is 2. The zero-order valence-electron chi connectivity index (χ0n) is 21.5. The van der Waals surface area contributed by atoms with Crippen LogP contribution in [0.5, 0.6) is 11.5 Å². The maximum Gasteiger partial charge on any atom is 0.271 e. The van der Waals surface area contributed by atoms with Crippen LogP contribution < -0.4 is 14.8 Å². The summed E-state index contributed by atoms with van der Waals surface area (Å²) in [6.45, 7) is 4.77. The molecule has 0 spiro atoms. The average Bonchev–Trinajstić information content (AvgIpc) is 3.54. The molecule has 1 saturated carbocycles. The van der Waals surface area contributed by atoms with E-state index in [0.717, 1.165) is 42.1 Å². The predicted octanol–water partition coefficient (Wildman–Crippen LogP) is 4.74. The van der Waals surface area contributed by atoms with Gasteiger partial charge in [0.25, 0.3) is 5.91 Å². The lowest BCUT2D eigenvalue weighted by atomic mass is 9.91. The Bertz CT molecular complexity index is 1280. The van der Waals surface area contributed by atoms with E-state index in [0.29, 0.717) is 30.3 Å². The van der Waals surface area contributed by atoms with Crippen LogP contribution in [-0.4, -0.2) is 53.6 Å². The Morgan fingerprint density at radius 2 is 1.75 bits per heavy atom. The molecule has 2 atom stereocenters. The van der Waals surface area contributed by atoms with Gasteiger partial charge < -0.3 is 24.3 Å². The Morgan fingerprint density at radius 3 is 2.42 bits per heavy atom. The summed E-state index contributed by atoms with van der Waals surface area (Å²) < 4.78 is 13.2. The van der Waals surface area contributed by atoms with Crippen LogP contribution in [0.1, 0.15) is 61.5 Å². The molecule has 0 radical (unpaired) electrons. The number of hydrogen-bond donors (Lipinski definition) is 1. The van der Waals surface area contributed by atoms with Gasteiger partial charge in [0.15, 0.2) is 0 Å². The lowest BCUT2D eigenvalue weighted by molar-refractivity contribution is -0.133. The molecule has 3 aromatic rings. The van der Waals surface area contributed by atoms with Gasteiger partial charge in [-0.05, 0) is 49.4 Å². The highest BCUT2D eigenvalue weighted by Gasteiger charge is 2.49. The van der Waals surface area contributed by atoms with E-state index < -0.39 is 5.54 Å². The molecule has 2 amide bonds. The summed E-state index contributed by atoms with van der Waals surface area (Å²) in [4.78, 5) is 29.9. The summed E-state index contributed by atoms with van der Waals surface area (Å²) in [6, 6.07) is 15.9. The van der Waals surface area contributed by atoms with E-state index in [1.807, 2.05) is 47.9 Å². The van der Waals surface area contributed by atoms with Crippen molar-refractivity contribution >= 4 is 22.7 Å². The second-order valence-corrected chi connectivity index (χ2v) is 10.3. The number of fused-ring (bicyclic) bond motifs is 3. The Balaban J connectivity index is 1.61. The topological polar surface area (TPSA) is 72.8 Å². The van der Waals surface area contributed by atoms with E-state index in [2.05, 4.69) is 24.4 Å². The molecular weight excluding hydrogens is 454 g/mol. The number of nitrogens with one attached hydrogen (secondary N) is 1. The lowest BCUT2D eigenvalue weighted by Gasteiger charge is -2.45. The van der Waals surface area contributed by atoms with Crippen molar-refractivity contribution in [2.45, 2.75) is 63.6 Å². The fourth-order valence-electron chi connectivity index (χ4n) is 5.81. The minimum atomic E-state index is -1.06. The van der Waals surface area contributed by atoms with E-state index >= 15 is 0 Å². The number of carbonyl (C=O) groups is 2. The Labute approximate surface area is 212 Å². The molecule has 2 aliphatic rings. The standard InChI is InChI=1S/C29H35N3O4/c1-19(20-10-6-5-7-11-20)17-32-27(33)23-16-22-24(35-3)14-15-25(36-4)26(22)31(23)18-29(32,2)28(34)30-21-12-8-9-13-21/h5-7,10-11,14-16,19,21H,8-9,12-13,17-18H2,1-4H3,(H,30,34)/t19-,29-/m1/s1. The fourth-order valence-corrected chi connectivity index (χ4v) is 5.81. The molecule has 0 bridgehead atoms. The minimum Gasteiger partial charge on any atom is -0.496 e. The van der Waals surface area contributed by atoms with Gasteiger partial charge >= 0.3 is 0 Å². The summed E-state index contributed by atoms with van der Waals surface area (Å²) in [5, 5.41) is 4.08. The predicted molar refractivity (Wildman–Crippen MR) is 140 cm³/mol. The smallest absolute Gasteiger partial charge is 0.271 e. The van der Waals surface area contributed by atoms with Crippen LogP contribution in [0, 0.1) is 0 Å². The highest BCUT2D eigenvalue weighted by atomic mass is 16.5. The van der Waals surface area contributed by atoms with Crippen LogP contribution in [0.3, 0.4) is 0 Å². The van der Waals surface area contributed by atoms with Crippen molar-refractivity contribution in [2.24, 2.45) is 0 Å². The maximum atomic E-state index is 14.2. The van der Waals surface area contributed by atoms with E-state index in [-0.39, 0.29) is 23.8 Å². The van der Waals surface area contributed by atoms with Crippen LogP contribution in [0.4, 0.5) is 0 Å². The molecule has 7 heteroatoms. The molecule has 2 aromatic carbocycles. The van der Waals surface area contributed by atoms with Gasteiger partial charge in [0.05, 0.1) is 26.3 Å². The maximum absolute atomic E-state index is 14.2. The van der Waals surface area contributed by atoms with Crippen LogP contribution >= 0.6 is 0 Å². The second-order valence-electron chi connectivity index (χ2n) is 10.3. The van der Waals surface area contributed by atoms with Crippen molar-refractivity contribution in [3.63, 3.8) is 0 Å². The summed E-state index contributed by atoms with van der Waals surface area (Å²) in [5.74, 6) is 1.12. The summed E-state index contributed by atoms with van der Waals surface area (Å²) >= 11 is 0. The van der Waals surface area contributed by atoms with Gasteiger partial charge in [-0.1, -0.05) is 50.1 Å². The molecular formula is C29H35N3O4. The van der Waals surface area contributed by atoms with E-state index in [9.17, 15) is 9.59 Å². The number of carbonyl (C=O) groups excluding carboxylic acids is 2. The third-order valence-corrected chi connectivity index (χ3v) is 7.95. The van der Waals surface area contributed by atoms with Crippen molar-refractivity contribution in [3.8, 4) is 11.5 Å². The van der Waals surface area contributed by atoms with Gasteiger partial charge in [0.2, 0.25) is 5.91 Å². The first-order valence-corrected chi connectivity index (χ1v) is 12.8. The first-order chi connectivity index (χ1) is 17.4. The minimum absolute atomic E-state index is 0.0637. The molecule has 190 valence electrons. The van der Waals surface area contributed by atoms with Crippen molar-refractivity contribution < 1.29 is 19.1 Å². The van der Waals surface area contributed by atoms with Gasteiger partial charge in [0.1, 0.15) is 22.7 Å². The van der Waals surface area contributed by atoms with Crippen molar-refractivity contribution in [1.29, 1.82) is 0 Å². The zero-order valence-corrected chi connectivity index (χ0v) is 21.5. The van der Waals surface area contributed by atoms with E-state index in [1.54, 1.807) is 19.1 Å². The fraction of sp³-hybridized carbons (Fsp3) is 0.448. The third kappa shape index (κ3) is 4.00. The van der Waals surface area contributed by atoms with Gasteiger partial charge in [-0.15, -0.1) is 0 Å². The average molecular weight is 490 g/mol. The van der Waals surface area contributed by atoms with Crippen molar-refractivity contribution in [2.75, 3.05) is 20.8 Å². The van der Waals surface area contributed by atoms with Crippen molar-refractivity contribution in [1.82, 2.24) is 14.8 Å². The van der Waals surface area contributed by atoms with Gasteiger partial charge in [-0.25, -0.2) is 0 Å². The third-order valence-electron chi connectivity index (χ3n) is 7.95. The van der Waals surface area contributed by atoms with Crippen LogP contribution in [0.25, 0.3) is 10.9 Å². The van der Waals surface area contributed by atoms with E-state index in [1.165, 1.54) is 0 Å². The van der Waals surface area contributed by atoms with Gasteiger partial charge in [-0.2, -0.15) is 0 Å². The number of benzene rings is 2. The molecule has 1 N–H and O–H groups in total. The summed E-state index contributed by atoms with van der Waals surface area (Å²) in [7, 11) is 3.23. The second kappa shape index (κ2) is 9.52. The van der Waals surface area contributed by atoms with Gasteiger partial charge in [0, 0.05) is 18.0 Å².